The molecular formula is C16H13N3O2S. The van der Waals surface area contributed by atoms with Gasteiger partial charge in [-0.2, -0.15) is 5.10 Å². The van der Waals surface area contributed by atoms with Crippen molar-refractivity contribution in [2.75, 3.05) is 11.9 Å². The maximum atomic E-state index is 12.8. The molecule has 5 nitrogen and oxygen atoms in total. The van der Waals surface area contributed by atoms with Crippen LogP contribution in [0.3, 0.4) is 0 Å². The van der Waals surface area contributed by atoms with Crippen molar-refractivity contribution in [1.29, 1.82) is 0 Å². The normalized spacial score (nSPS) is 15.2. The summed E-state index contributed by atoms with van der Waals surface area (Å²) in [6, 6.07) is 16.5. The first-order valence-corrected chi connectivity index (χ1v) is 8.30. The third kappa shape index (κ3) is 1.64. The van der Waals surface area contributed by atoms with Gasteiger partial charge in [0.25, 0.3) is 0 Å². The van der Waals surface area contributed by atoms with Crippen LogP contribution in [0.15, 0.2) is 70.6 Å². The highest BCUT2D eigenvalue weighted by atomic mass is 32.2. The van der Waals surface area contributed by atoms with E-state index in [0.717, 1.165) is 5.69 Å². The highest BCUT2D eigenvalue weighted by Crippen LogP contribution is 2.43. The Morgan fingerprint density at radius 1 is 0.909 bits per heavy atom. The molecule has 22 heavy (non-hydrogen) atoms. The van der Waals surface area contributed by atoms with E-state index in [9.17, 15) is 8.42 Å². The summed E-state index contributed by atoms with van der Waals surface area (Å²) in [4.78, 5) is 2.42. The summed E-state index contributed by atoms with van der Waals surface area (Å²) in [5.74, 6) is 0.560. The summed E-state index contributed by atoms with van der Waals surface area (Å²) in [5.41, 5.74) is 1.48. The molecule has 0 N–H and O–H groups in total. The lowest BCUT2D eigenvalue weighted by Gasteiger charge is -2.28. The summed E-state index contributed by atoms with van der Waals surface area (Å²) in [6.07, 6.45) is 1.42. The van der Waals surface area contributed by atoms with Gasteiger partial charge in [-0.15, -0.1) is 0 Å². The lowest BCUT2D eigenvalue weighted by atomic mass is 10.3. The molecule has 4 rings (SSSR count). The van der Waals surface area contributed by atoms with Gasteiger partial charge < -0.3 is 4.90 Å². The Kier molecular flexibility index (Phi) is 2.65. The van der Waals surface area contributed by atoms with Crippen LogP contribution in [-0.2, 0) is 9.84 Å². The number of hydrogen-bond acceptors (Lipinski definition) is 4. The average Bonchev–Trinajstić information content (AvgIpc) is 3.00. The fraction of sp³-hybridized carbons (Fsp3) is 0.0625. The highest BCUT2D eigenvalue weighted by molar-refractivity contribution is 7.92. The van der Waals surface area contributed by atoms with Gasteiger partial charge in [0, 0.05) is 7.05 Å². The van der Waals surface area contributed by atoms with Gasteiger partial charge in [0.05, 0.1) is 22.5 Å². The molecule has 3 aromatic rings. The average molecular weight is 311 g/mol. The molecule has 1 aliphatic heterocycles. The molecule has 0 saturated carbocycles. The maximum absolute atomic E-state index is 12.8. The Labute approximate surface area is 128 Å². The van der Waals surface area contributed by atoms with Crippen LogP contribution in [0.4, 0.5) is 11.5 Å². The van der Waals surface area contributed by atoms with Crippen molar-refractivity contribution in [3.63, 3.8) is 0 Å². The molecule has 0 bridgehead atoms. The minimum Gasteiger partial charge on any atom is -0.327 e. The van der Waals surface area contributed by atoms with Gasteiger partial charge in [0.2, 0.25) is 9.84 Å². The smallest absolute Gasteiger partial charge is 0.213 e. The van der Waals surface area contributed by atoms with Crippen molar-refractivity contribution in [2.45, 2.75) is 9.79 Å². The van der Waals surface area contributed by atoms with E-state index in [2.05, 4.69) is 5.10 Å². The quantitative estimate of drug-likeness (QED) is 0.693. The van der Waals surface area contributed by atoms with Crippen LogP contribution >= 0.6 is 0 Å². The van der Waals surface area contributed by atoms with Gasteiger partial charge in [0.1, 0.15) is 4.90 Å². The van der Waals surface area contributed by atoms with Crippen LogP contribution in [0.25, 0.3) is 5.69 Å². The van der Waals surface area contributed by atoms with Gasteiger partial charge in [-0.3, -0.25) is 0 Å². The summed E-state index contributed by atoms with van der Waals surface area (Å²) in [5, 5.41) is 4.29. The number of rotatable bonds is 1. The van der Waals surface area contributed by atoms with Crippen LogP contribution < -0.4 is 4.90 Å². The van der Waals surface area contributed by atoms with E-state index < -0.39 is 9.84 Å². The van der Waals surface area contributed by atoms with Crippen LogP contribution in [0.5, 0.6) is 0 Å². The minimum atomic E-state index is -3.55. The number of fused-ring (bicyclic) bond motifs is 2. The maximum Gasteiger partial charge on any atom is 0.213 e. The molecule has 2 heterocycles. The largest absolute Gasteiger partial charge is 0.327 e. The van der Waals surface area contributed by atoms with Crippen LogP contribution in [-0.4, -0.2) is 25.2 Å². The summed E-state index contributed by atoms with van der Waals surface area (Å²) < 4.78 is 27.3. The van der Waals surface area contributed by atoms with Crippen molar-refractivity contribution in [1.82, 2.24) is 9.78 Å². The monoisotopic (exact) mass is 311 g/mol. The second kappa shape index (κ2) is 4.45. The Morgan fingerprint density at radius 2 is 1.59 bits per heavy atom. The number of benzene rings is 2. The predicted octanol–water partition coefficient (Wildman–Crippen LogP) is 2.79. The standard InChI is InChI=1S/C16H13N3O2S/c1-18-13-9-5-6-10-14(13)22(20,21)15-11-17-19(16(15)18)12-7-3-2-4-8-12/h2-11H,1H3. The van der Waals surface area contributed by atoms with E-state index in [1.807, 2.05) is 48.3 Å². The Morgan fingerprint density at radius 3 is 2.36 bits per heavy atom. The summed E-state index contributed by atoms with van der Waals surface area (Å²) in [7, 11) is -1.69. The SMILES string of the molecule is CN1c2ccccc2S(=O)(=O)c2cnn(-c3ccccc3)c21. The third-order valence-corrected chi connectivity index (χ3v) is 5.63. The second-order valence-electron chi connectivity index (χ2n) is 5.11. The molecule has 1 aromatic heterocycles. The molecule has 0 amide bonds. The summed E-state index contributed by atoms with van der Waals surface area (Å²) >= 11 is 0. The first kappa shape index (κ1) is 13.1. The molecule has 1 aliphatic rings. The molecule has 0 radical (unpaired) electrons. The van der Waals surface area contributed by atoms with Crippen LogP contribution in [0, 0.1) is 0 Å². The zero-order valence-corrected chi connectivity index (χ0v) is 12.7. The molecule has 0 spiro atoms. The van der Waals surface area contributed by atoms with Crippen LogP contribution in [0.2, 0.25) is 0 Å². The second-order valence-corrected chi connectivity index (χ2v) is 7.00. The van der Waals surface area contributed by atoms with Crippen molar-refractivity contribution in [2.24, 2.45) is 0 Å². The molecule has 6 heteroatoms. The highest BCUT2D eigenvalue weighted by Gasteiger charge is 2.36. The van der Waals surface area contributed by atoms with E-state index in [1.165, 1.54) is 6.20 Å². The number of para-hydroxylation sites is 2. The van der Waals surface area contributed by atoms with Crippen molar-refractivity contribution >= 4 is 21.3 Å². The van der Waals surface area contributed by atoms with Crippen LogP contribution in [0.1, 0.15) is 0 Å². The number of hydrogen-bond donors (Lipinski definition) is 0. The first-order chi connectivity index (χ1) is 10.6. The Balaban J connectivity index is 2.03. The molecule has 0 atom stereocenters. The third-order valence-electron chi connectivity index (χ3n) is 3.84. The lowest BCUT2D eigenvalue weighted by Crippen LogP contribution is -2.23. The van der Waals surface area contributed by atoms with E-state index in [1.54, 1.807) is 22.9 Å². The molecule has 0 fully saturated rings. The van der Waals surface area contributed by atoms with Gasteiger partial charge in [-0.05, 0) is 24.3 Å². The zero-order valence-electron chi connectivity index (χ0n) is 11.8. The van der Waals surface area contributed by atoms with Gasteiger partial charge in [-0.1, -0.05) is 30.3 Å². The molecular weight excluding hydrogens is 298 g/mol. The van der Waals surface area contributed by atoms with E-state index >= 15 is 0 Å². The fourth-order valence-corrected chi connectivity index (χ4v) is 4.40. The zero-order chi connectivity index (χ0) is 15.3. The number of anilines is 2. The van der Waals surface area contributed by atoms with E-state index in [0.29, 0.717) is 16.4 Å². The molecule has 2 aromatic carbocycles. The van der Waals surface area contributed by atoms with E-state index in [4.69, 9.17) is 0 Å². The topological polar surface area (TPSA) is 55.2 Å². The number of sulfone groups is 1. The minimum absolute atomic E-state index is 0.234. The number of nitrogens with zero attached hydrogens (tertiary/aromatic N) is 3. The Hall–Kier alpha value is -2.60. The molecule has 110 valence electrons. The predicted molar refractivity (Wildman–Crippen MR) is 83.5 cm³/mol. The molecule has 0 saturated heterocycles. The molecule has 0 aliphatic carbocycles. The van der Waals surface area contributed by atoms with Gasteiger partial charge in [-0.25, -0.2) is 13.1 Å². The fourth-order valence-electron chi connectivity index (χ4n) is 2.78. The summed E-state index contributed by atoms with van der Waals surface area (Å²) in [6.45, 7) is 0. The Bertz CT molecular complexity index is 962. The van der Waals surface area contributed by atoms with E-state index in [-0.39, 0.29) is 4.90 Å². The first-order valence-electron chi connectivity index (χ1n) is 6.82. The van der Waals surface area contributed by atoms with Crippen molar-refractivity contribution in [3.8, 4) is 5.69 Å². The molecule has 0 unspecified atom stereocenters. The van der Waals surface area contributed by atoms with Crippen molar-refractivity contribution < 1.29 is 8.42 Å². The van der Waals surface area contributed by atoms with Gasteiger partial charge in [0.15, 0.2) is 5.82 Å². The lowest BCUT2D eigenvalue weighted by molar-refractivity contribution is 0.594. The number of aromatic nitrogens is 2. The van der Waals surface area contributed by atoms with Gasteiger partial charge >= 0.3 is 0 Å². The van der Waals surface area contributed by atoms with Crippen molar-refractivity contribution in [3.05, 3.63) is 60.8 Å².